The van der Waals surface area contributed by atoms with E-state index in [4.69, 9.17) is 0 Å². The molecular weight excluding hydrogens is 232 g/mol. The fourth-order valence-electron chi connectivity index (χ4n) is 1.43. The molecule has 1 aromatic carbocycles. The van der Waals surface area contributed by atoms with Gasteiger partial charge in [0.2, 0.25) is 0 Å². The van der Waals surface area contributed by atoms with Crippen molar-refractivity contribution in [3.63, 3.8) is 0 Å². The molecule has 19 heavy (non-hydrogen) atoms. The summed E-state index contributed by atoms with van der Waals surface area (Å²) in [6.45, 7) is 10.4. The van der Waals surface area contributed by atoms with Crippen LogP contribution in [-0.2, 0) is 5.41 Å². The van der Waals surface area contributed by atoms with Gasteiger partial charge in [-0.05, 0) is 40.9 Å². The highest BCUT2D eigenvalue weighted by Gasteiger charge is 2.12. The summed E-state index contributed by atoms with van der Waals surface area (Å²) < 4.78 is 0. The van der Waals surface area contributed by atoms with Crippen LogP contribution in [-0.4, -0.2) is 11.2 Å². The molecule has 0 saturated heterocycles. The number of benzene rings is 1. The fourth-order valence-corrected chi connectivity index (χ4v) is 1.43. The summed E-state index contributed by atoms with van der Waals surface area (Å²) in [5, 5.41) is 9.51. The third-order valence-corrected chi connectivity index (χ3v) is 2.87. The van der Waals surface area contributed by atoms with E-state index in [-0.39, 0.29) is 11.3 Å². The van der Waals surface area contributed by atoms with E-state index < -0.39 is 6.10 Å². The quantitative estimate of drug-likeness (QED) is 0.762. The van der Waals surface area contributed by atoms with E-state index in [1.54, 1.807) is 0 Å². The number of aliphatic hydroxyl groups is 1. The Bertz CT molecular complexity index is 522. The zero-order valence-corrected chi connectivity index (χ0v) is 12.4. The van der Waals surface area contributed by atoms with Gasteiger partial charge in [-0.15, -0.1) is 0 Å². The van der Waals surface area contributed by atoms with Crippen LogP contribution >= 0.6 is 0 Å². The zero-order valence-electron chi connectivity index (χ0n) is 12.4. The molecule has 0 amide bonds. The van der Waals surface area contributed by atoms with Crippen LogP contribution in [0.3, 0.4) is 0 Å². The van der Waals surface area contributed by atoms with Crippen LogP contribution in [0.5, 0.6) is 0 Å². The topological polar surface area (TPSA) is 20.2 Å². The largest absolute Gasteiger partial charge is 0.380 e. The van der Waals surface area contributed by atoms with E-state index in [0.717, 1.165) is 5.56 Å². The molecule has 100 valence electrons. The maximum atomic E-state index is 9.51. The van der Waals surface area contributed by atoms with Crippen molar-refractivity contribution in [1.29, 1.82) is 0 Å². The first-order valence-corrected chi connectivity index (χ1v) is 6.61. The summed E-state index contributed by atoms with van der Waals surface area (Å²) in [7, 11) is 0. The van der Waals surface area contributed by atoms with Gasteiger partial charge in [-0.25, -0.2) is 0 Å². The van der Waals surface area contributed by atoms with Gasteiger partial charge in [-0.1, -0.05) is 58.6 Å². The molecule has 0 fully saturated rings. The van der Waals surface area contributed by atoms with Crippen LogP contribution in [0.2, 0.25) is 0 Å². The molecule has 0 spiro atoms. The van der Waals surface area contributed by atoms with Gasteiger partial charge in [0.15, 0.2) is 0 Å². The molecule has 0 aromatic heterocycles. The van der Waals surface area contributed by atoms with Crippen LogP contribution in [0.1, 0.15) is 45.7 Å². The van der Waals surface area contributed by atoms with Crippen molar-refractivity contribution >= 4 is 0 Å². The second kappa shape index (κ2) is 6.46. The first kappa shape index (κ1) is 15.4. The highest BCUT2D eigenvalue weighted by molar-refractivity contribution is 5.42. The van der Waals surface area contributed by atoms with E-state index in [9.17, 15) is 5.11 Å². The van der Waals surface area contributed by atoms with E-state index in [1.807, 2.05) is 26.0 Å². The van der Waals surface area contributed by atoms with Crippen molar-refractivity contribution in [3.05, 3.63) is 35.4 Å². The van der Waals surface area contributed by atoms with Crippen LogP contribution in [0.4, 0.5) is 0 Å². The second-order valence-corrected chi connectivity index (χ2v) is 6.04. The summed E-state index contributed by atoms with van der Waals surface area (Å²) in [5.41, 5.74) is 2.40. The molecule has 0 aliphatic rings. The second-order valence-electron chi connectivity index (χ2n) is 6.04. The van der Waals surface area contributed by atoms with Crippen LogP contribution in [0, 0.1) is 29.6 Å². The maximum Gasteiger partial charge on any atom is 0.118 e. The molecule has 0 heterocycles. The summed E-state index contributed by atoms with van der Waals surface area (Å²) in [4.78, 5) is 0. The van der Waals surface area contributed by atoms with Crippen LogP contribution in [0.25, 0.3) is 0 Å². The minimum Gasteiger partial charge on any atom is -0.380 e. The third kappa shape index (κ3) is 5.21. The lowest BCUT2D eigenvalue weighted by Gasteiger charge is -2.18. The standard InChI is InChI=1S/C18H22O/c1-14(2)17(19)9-7-6-8-15-10-12-16(13-11-15)18(3,4)5/h10-14,17,19H,1-5H3/t17-/m1/s1. The molecule has 1 N–H and O–H groups in total. The Kier molecular flexibility index (Phi) is 5.22. The Labute approximate surface area is 117 Å². The van der Waals surface area contributed by atoms with Gasteiger partial charge in [0.1, 0.15) is 6.10 Å². The van der Waals surface area contributed by atoms with E-state index in [2.05, 4.69) is 56.6 Å². The minimum atomic E-state index is -0.599. The number of hydrogen-bond acceptors (Lipinski definition) is 1. The zero-order chi connectivity index (χ0) is 14.5. The van der Waals surface area contributed by atoms with Crippen molar-refractivity contribution < 1.29 is 5.11 Å². The first-order chi connectivity index (χ1) is 8.80. The molecule has 0 radical (unpaired) electrons. The Morgan fingerprint density at radius 1 is 1.00 bits per heavy atom. The van der Waals surface area contributed by atoms with Crippen molar-refractivity contribution in [2.24, 2.45) is 5.92 Å². The number of aliphatic hydroxyl groups excluding tert-OH is 1. The average molecular weight is 254 g/mol. The van der Waals surface area contributed by atoms with E-state index >= 15 is 0 Å². The van der Waals surface area contributed by atoms with Gasteiger partial charge in [-0.2, -0.15) is 0 Å². The average Bonchev–Trinajstić information content (AvgIpc) is 2.33. The lowest BCUT2D eigenvalue weighted by molar-refractivity contribution is 0.181. The van der Waals surface area contributed by atoms with Crippen molar-refractivity contribution in [2.45, 2.75) is 46.1 Å². The Balaban J connectivity index is 2.75. The van der Waals surface area contributed by atoms with Crippen molar-refractivity contribution in [2.75, 3.05) is 0 Å². The molecular formula is C18H22O. The molecule has 0 bridgehead atoms. The smallest absolute Gasteiger partial charge is 0.118 e. The van der Waals surface area contributed by atoms with Crippen molar-refractivity contribution in [1.82, 2.24) is 0 Å². The molecule has 1 rings (SSSR count). The minimum absolute atomic E-state index is 0.139. The van der Waals surface area contributed by atoms with Crippen molar-refractivity contribution in [3.8, 4) is 23.7 Å². The third-order valence-electron chi connectivity index (χ3n) is 2.87. The van der Waals surface area contributed by atoms with E-state index in [1.165, 1.54) is 5.56 Å². The van der Waals surface area contributed by atoms with Gasteiger partial charge >= 0.3 is 0 Å². The summed E-state index contributed by atoms with van der Waals surface area (Å²) in [6, 6.07) is 8.21. The highest BCUT2D eigenvalue weighted by Crippen LogP contribution is 2.21. The molecule has 0 saturated carbocycles. The van der Waals surface area contributed by atoms with Gasteiger partial charge in [0.25, 0.3) is 0 Å². The van der Waals surface area contributed by atoms with E-state index in [0.29, 0.717) is 0 Å². The molecule has 1 aromatic rings. The van der Waals surface area contributed by atoms with Crippen LogP contribution < -0.4 is 0 Å². The van der Waals surface area contributed by atoms with Gasteiger partial charge in [0.05, 0.1) is 0 Å². The molecule has 1 heteroatoms. The monoisotopic (exact) mass is 254 g/mol. The molecule has 1 nitrogen and oxygen atoms in total. The van der Waals surface area contributed by atoms with Gasteiger partial charge in [0, 0.05) is 5.56 Å². The summed E-state index contributed by atoms with van der Waals surface area (Å²) >= 11 is 0. The molecule has 0 unspecified atom stereocenters. The fraction of sp³-hybridized carbons (Fsp3) is 0.444. The maximum absolute atomic E-state index is 9.51. The Morgan fingerprint density at radius 3 is 2.05 bits per heavy atom. The van der Waals surface area contributed by atoms with Gasteiger partial charge in [-0.3, -0.25) is 0 Å². The Morgan fingerprint density at radius 2 is 1.58 bits per heavy atom. The normalized spacial score (nSPS) is 12.2. The molecule has 1 atom stereocenters. The predicted octanol–water partition coefficient (Wildman–Crippen LogP) is 3.36. The molecule has 0 aliphatic carbocycles. The number of rotatable bonds is 1. The predicted molar refractivity (Wildman–Crippen MR) is 80.6 cm³/mol. The highest BCUT2D eigenvalue weighted by atomic mass is 16.3. The lowest BCUT2D eigenvalue weighted by atomic mass is 9.87. The lowest BCUT2D eigenvalue weighted by Crippen LogP contribution is -2.10. The molecule has 0 aliphatic heterocycles. The number of hydrogen-bond donors (Lipinski definition) is 1. The summed E-state index contributed by atoms with van der Waals surface area (Å²) in [6.07, 6.45) is -0.599. The van der Waals surface area contributed by atoms with Crippen LogP contribution in [0.15, 0.2) is 24.3 Å². The summed E-state index contributed by atoms with van der Waals surface area (Å²) in [5.74, 6) is 11.3. The first-order valence-electron chi connectivity index (χ1n) is 6.61. The SMILES string of the molecule is CC(C)[C@H](O)C#CC#Cc1ccc(C(C)(C)C)cc1. The van der Waals surface area contributed by atoms with Gasteiger partial charge < -0.3 is 5.11 Å². The Hall–Kier alpha value is -1.70.